The molecule has 1 aromatic carbocycles. The summed E-state index contributed by atoms with van der Waals surface area (Å²) in [6.07, 6.45) is 2.50. The van der Waals surface area contributed by atoms with E-state index < -0.39 is 0 Å². The Hall–Kier alpha value is -2.14. The number of ether oxygens (including phenoxy) is 1. The molecule has 0 aliphatic carbocycles. The van der Waals surface area contributed by atoms with E-state index in [1.165, 1.54) is 11.3 Å². The first-order valence-corrected chi connectivity index (χ1v) is 6.26. The number of thiazole rings is 1. The Morgan fingerprint density at radius 3 is 3.11 bits per heavy atom. The first kappa shape index (κ1) is 11.0. The van der Waals surface area contributed by atoms with E-state index in [0.29, 0.717) is 5.69 Å². The third-order valence-electron chi connectivity index (χ3n) is 2.71. The van der Waals surface area contributed by atoms with Gasteiger partial charge in [-0.1, -0.05) is 12.1 Å². The number of benzene rings is 1. The van der Waals surface area contributed by atoms with E-state index >= 15 is 0 Å². The van der Waals surface area contributed by atoms with E-state index in [2.05, 4.69) is 4.98 Å². The number of aldehydes is 1. The van der Waals surface area contributed by atoms with Gasteiger partial charge in [0.15, 0.2) is 11.2 Å². The molecule has 0 aliphatic rings. The summed E-state index contributed by atoms with van der Waals surface area (Å²) < 4.78 is 7.13. The standard InChI is InChI=1S/C13H10N2O2S/c1-17-11-4-2-3-9(5-11)12-8-18-13-14-10(7-16)6-15(12)13/h2-8H,1H3. The predicted octanol–water partition coefficient (Wildman–Crippen LogP) is 2.88. The fraction of sp³-hybridized carbons (Fsp3) is 0.0769. The van der Waals surface area contributed by atoms with Crippen LogP contribution in [-0.4, -0.2) is 22.8 Å². The number of methoxy groups -OCH3 is 1. The van der Waals surface area contributed by atoms with Crippen LogP contribution in [-0.2, 0) is 0 Å². The average Bonchev–Trinajstić information content (AvgIpc) is 2.98. The van der Waals surface area contributed by atoms with Gasteiger partial charge in [0.05, 0.1) is 12.8 Å². The molecule has 0 atom stereocenters. The van der Waals surface area contributed by atoms with Gasteiger partial charge >= 0.3 is 0 Å². The largest absolute Gasteiger partial charge is 0.497 e. The van der Waals surface area contributed by atoms with Crippen molar-refractivity contribution in [1.29, 1.82) is 0 Å². The number of nitrogens with zero attached hydrogens (tertiary/aromatic N) is 2. The average molecular weight is 258 g/mol. The third-order valence-corrected chi connectivity index (χ3v) is 3.55. The summed E-state index contributed by atoms with van der Waals surface area (Å²) in [4.78, 5) is 15.7. The fourth-order valence-electron chi connectivity index (χ4n) is 1.85. The Morgan fingerprint density at radius 2 is 2.33 bits per heavy atom. The van der Waals surface area contributed by atoms with E-state index in [9.17, 15) is 4.79 Å². The van der Waals surface area contributed by atoms with Gasteiger partial charge in [0, 0.05) is 17.1 Å². The number of imidazole rings is 1. The highest BCUT2D eigenvalue weighted by Gasteiger charge is 2.09. The van der Waals surface area contributed by atoms with Crippen molar-refractivity contribution >= 4 is 22.6 Å². The molecular formula is C13H10N2O2S. The molecule has 0 saturated heterocycles. The highest BCUT2D eigenvalue weighted by molar-refractivity contribution is 7.15. The van der Waals surface area contributed by atoms with Gasteiger partial charge in [0.25, 0.3) is 0 Å². The Kier molecular flexibility index (Phi) is 2.60. The Labute approximate surface area is 107 Å². The van der Waals surface area contributed by atoms with Crippen molar-refractivity contribution in [2.24, 2.45) is 0 Å². The number of hydrogen-bond donors (Lipinski definition) is 0. The maximum Gasteiger partial charge on any atom is 0.194 e. The summed E-state index contributed by atoms with van der Waals surface area (Å²) in [7, 11) is 1.64. The van der Waals surface area contributed by atoms with Gasteiger partial charge in [-0.2, -0.15) is 0 Å². The number of hydrogen-bond acceptors (Lipinski definition) is 4. The van der Waals surface area contributed by atoms with Gasteiger partial charge in [-0.25, -0.2) is 4.98 Å². The molecule has 0 fully saturated rings. The number of rotatable bonds is 3. The second-order valence-corrected chi connectivity index (χ2v) is 4.63. The van der Waals surface area contributed by atoms with E-state index in [1.807, 2.05) is 34.0 Å². The highest BCUT2D eigenvalue weighted by atomic mass is 32.1. The Morgan fingerprint density at radius 1 is 1.44 bits per heavy atom. The topological polar surface area (TPSA) is 43.6 Å². The number of carbonyl (C=O) groups excluding carboxylic acids is 1. The number of aromatic nitrogens is 2. The lowest BCUT2D eigenvalue weighted by molar-refractivity contribution is 0.111. The quantitative estimate of drug-likeness (QED) is 0.678. The van der Waals surface area contributed by atoms with Crippen molar-refractivity contribution in [2.75, 3.05) is 7.11 Å². The Balaban J connectivity index is 2.17. The van der Waals surface area contributed by atoms with Crippen LogP contribution >= 0.6 is 11.3 Å². The minimum atomic E-state index is 0.450. The second-order valence-electron chi connectivity index (χ2n) is 3.79. The molecule has 3 aromatic rings. The third kappa shape index (κ3) is 1.69. The van der Waals surface area contributed by atoms with Crippen LogP contribution in [0.25, 0.3) is 16.2 Å². The van der Waals surface area contributed by atoms with Crippen LogP contribution in [0.3, 0.4) is 0 Å². The van der Waals surface area contributed by atoms with Crippen LogP contribution in [0.5, 0.6) is 5.75 Å². The summed E-state index contributed by atoms with van der Waals surface area (Å²) in [5.74, 6) is 0.808. The van der Waals surface area contributed by atoms with E-state index in [4.69, 9.17) is 4.74 Å². The van der Waals surface area contributed by atoms with Crippen molar-refractivity contribution in [3.8, 4) is 17.0 Å². The fourth-order valence-corrected chi connectivity index (χ4v) is 2.74. The van der Waals surface area contributed by atoms with E-state index in [0.717, 1.165) is 28.3 Å². The highest BCUT2D eigenvalue weighted by Crippen LogP contribution is 2.28. The lowest BCUT2D eigenvalue weighted by atomic mass is 10.1. The van der Waals surface area contributed by atoms with Crippen LogP contribution in [0.1, 0.15) is 10.5 Å². The summed E-state index contributed by atoms with van der Waals surface area (Å²) in [6, 6.07) is 7.81. The minimum Gasteiger partial charge on any atom is -0.497 e. The molecule has 0 amide bonds. The predicted molar refractivity (Wildman–Crippen MR) is 70.4 cm³/mol. The Bertz CT molecular complexity index is 715. The van der Waals surface area contributed by atoms with Crippen LogP contribution < -0.4 is 4.74 Å². The smallest absolute Gasteiger partial charge is 0.194 e. The molecule has 2 heterocycles. The lowest BCUT2D eigenvalue weighted by Crippen LogP contribution is -1.86. The molecular weight excluding hydrogens is 248 g/mol. The molecule has 0 unspecified atom stereocenters. The van der Waals surface area contributed by atoms with Crippen LogP contribution in [0.2, 0.25) is 0 Å². The van der Waals surface area contributed by atoms with Crippen molar-refractivity contribution in [2.45, 2.75) is 0 Å². The monoisotopic (exact) mass is 258 g/mol. The molecule has 2 aromatic heterocycles. The molecule has 0 aliphatic heterocycles. The number of fused-ring (bicyclic) bond motifs is 1. The molecule has 0 N–H and O–H groups in total. The molecule has 90 valence electrons. The van der Waals surface area contributed by atoms with Crippen molar-refractivity contribution in [1.82, 2.24) is 9.38 Å². The SMILES string of the molecule is COc1cccc(-c2csc3nc(C=O)cn23)c1. The van der Waals surface area contributed by atoms with Gasteiger partial charge in [-0.05, 0) is 12.1 Å². The van der Waals surface area contributed by atoms with Crippen molar-refractivity contribution in [3.05, 3.63) is 41.5 Å². The maximum atomic E-state index is 10.7. The van der Waals surface area contributed by atoms with Crippen LogP contribution in [0.4, 0.5) is 0 Å². The summed E-state index contributed by atoms with van der Waals surface area (Å²) in [6.45, 7) is 0. The molecule has 4 nitrogen and oxygen atoms in total. The summed E-state index contributed by atoms with van der Waals surface area (Å²) in [5.41, 5.74) is 2.50. The van der Waals surface area contributed by atoms with E-state index in [-0.39, 0.29) is 0 Å². The van der Waals surface area contributed by atoms with Crippen molar-refractivity contribution < 1.29 is 9.53 Å². The molecule has 3 rings (SSSR count). The minimum absolute atomic E-state index is 0.450. The van der Waals surface area contributed by atoms with Gasteiger partial charge in [0.1, 0.15) is 11.4 Å². The van der Waals surface area contributed by atoms with E-state index in [1.54, 1.807) is 13.3 Å². The van der Waals surface area contributed by atoms with Crippen molar-refractivity contribution in [3.63, 3.8) is 0 Å². The normalized spacial score (nSPS) is 10.7. The summed E-state index contributed by atoms with van der Waals surface area (Å²) >= 11 is 1.51. The first-order chi connectivity index (χ1) is 8.81. The zero-order valence-electron chi connectivity index (χ0n) is 9.66. The first-order valence-electron chi connectivity index (χ1n) is 5.38. The molecule has 18 heavy (non-hydrogen) atoms. The van der Waals surface area contributed by atoms with Gasteiger partial charge in [-0.3, -0.25) is 9.20 Å². The number of carbonyl (C=O) groups is 1. The van der Waals surface area contributed by atoms with Crippen LogP contribution in [0.15, 0.2) is 35.8 Å². The zero-order valence-corrected chi connectivity index (χ0v) is 10.5. The lowest BCUT2D eigenvalue weighted by Gasteiger charge is -2.03. The zero-order chi connectivity index (χ0) is 12.5. The second kappa shape index (κ2) is 4.27. The molecule has 5 heteroatoms. The maximum absolute atomic E-state index is 10.7. The van der Waals surface area contributed by atoms with Gasteiger partial charge in [0.2, 0.25) is 0 Å². The van der Waals surface area contributed by atoms with Crippen LogP contribution in [0, 0.1) is 0 Å². The molecule has 0 radical (unpaired) electrons. The van der Waals surface area contributed by atoms with Gasteiger partial charge < -0.3 is 4.74 Å². The van der Waals surface area contributed by atoms with Gasteiger partial charge in [-0.15, -0.1) is 11.3 Å². The molecule has 0 spiro atoms. The molecule has 0 saturated carbocycles. The summed E-state index contributed by atoms with van der Waals surface area (Å²) in [5, 5.41) is 2.02. The molecule has 0 bridgehead atoms.